The fourth-order valence-electron chi connectivity index (χ4n) is 3.78. The van der Waals surface area contributed by atoms with Crippen molar-refractivity contribution in [3.63, 3.8) is 0 Å². The quantitative estimate of drug-likeness (QED) is 0.524. The molecule has 0 spiro atoms. The predicted octanol–water partition coefficient (Wildman–Crippen LogP) is 2.82. The average Bonchev–Trinajstić information content (AvgIpc) is 3.12. The number of fused-ring (bicyclic) bond motifs is 1. The van der Waals surface area contributed by atoms with E-state index in [1.165, 1.54) is 11.3 Å². The monoisotopic (exact) mass is 464 g/mol. The number of nitrogens with zero attached hydrogens (tertiary/aromatic N) is 2. The highest BCUT2D eigenvalue weighted by molar-refractivity contribution is 7.07. The molecule has 2 heterocycles. The first-order valence-electron chi connectivity index (χ1n) is 10.4. The normalized spacial score (nSPS) is 15.6. The molecule has 1 atom stereocenters. The van der Waals surface area contributed by atoms with E-state index in [0.717, 1.165) is 11.1 Å². The number of thiazole rings is 1. The van der Waals surface area contributed by atoms with E-state index in [1.54, 1.807) is 50.8 Å². The Hall–Kier alpha value is -3.65. The second-order valence-corrected chi connectivity index (χ2v) is 8.36. The first-order valence-corrected chi connectivity index (χ1v) is 11.3. The van der Waals surface area contributed by atoms with Crippen LogP contribution < -0.4 is 24.4 Å². The molecule has 0 fully saturated rings. The van der Waals surface area contributed by atoms with Gasteiger partial charge in [0, 0.05) is 0 Å². The molecule has 7 nitrogen and oxygen atoms in total. The second kappa shape index (κ2) is 9.46. The van der Waals surface area contributed by atoms with Crippen LogP contribution in [-0.2, 0) is 9.53 Å². The molecule has 1 aliphatic rings. The zero-order valence-electron chi connectivity index (χ0n) is 18.8. The van der Waals surface area contributed by atoms with Gasteiger partial charge in [0.15, 0.2) is 4.80 Å². The molecular weight excluding hydrogens is 440 g/mol. The number of ether oxygens (including phenoxy) is 3. The Bertz CT molecular complexity index is 1400. The molecule has 0 saturated carbocycles. The van der Waals surface area contributed by atoms with Crippen molar-refractivity contribution in [2.45, 2.75) is 19.9 Å². The lowest BCUT2D eigenvalue weighted by Gasteiger charge is -2.24. The van der Waals surface area contributed by atoms with Crippen LogP contribution in [0.3, 0.4) is 0 Å². The summed E-state index contributed by atoms with van der Waals surface area (Å²) in [5, 5.41) is 0. The largest absolute Gasteiger partial charge is 0.497 e. The highest BCUT2D eigenvalue weighted by atomic mass is 32.1. The minimum atomic E-state index is -0.654. The Morgan fingerprint density at radius 1 is 1.12 bits per heavy atom. The van der Waals surface area contributed by atoms with Crippen molar-refractivity contribution < 1.29 is 19.0 Å². The summed E-state index contributed by atoms with van der Waals surface area (Å²) in [5.41, 5.74) is 2.26. The van der Waals surface area contributed by atoms with E-state index >= 15 is 0 Å². The number of hydrogen-bond acceptors (Lipinski definition) is 7. The molecule has 33 heavy (non-hydrogen) atoms. The minimum Gasteiger partial charge on any atom is -0.497 e. The van der Waals surface area contributed by atoms with Gasteiger partial charge >= 0.3 is 5.97 Å². The van der Waals surface area contributed by atoms with E-state index < -0.39 is 12.0 Å². The van der Waals surface area contributed by atoms with Crippen molar-refractivity contribution in [3.05, 3.63) is 90.6 Å². The van der Waals surface area contributed by atoms with E-state index in [1.807, 2.05) is 36.4 Å². The zero-order chi connectivity index (χ0) is 23.5. The first kappa shape index (κ1) is 22.5. The Morgan fingerprint density at radius 2 is 1.85 bits per heavy atom. The zero-order valence-corrected chi connectivity index (χ0v) is 19.6. The molecule has 2 aromatic carbocycles. The first-order chi connectivity index (χ1) is 16.0. The molecule has 1 unspecified atom stereocenters. The van der Waals surface area contributed by atoms with Crippen LogP contribution in [0.4, 0.5) is 0 Å². The van der Waals surface area contributed by atoms with Gasteiger partial charge in [0.05, 0.1) is 42.7 Å². The van der Waals surface area contributed by atoms with Crippen LogP contribution in [0.25, 0.3) is 6.08 Å². The Balaban J connectivity index is 1.93. The molecule has 0 amide bonds. The van der Waals surface area contributed by atoms with E-state index in [0.29, 0.717) is 32.1 Å². The summed E-state index contributed by atoms with van der Waals surface area (Å²) in [4.78, 5) is 31.6. The van der Waals surface area contributed by atoms with Crippen LogP contribution in [0.1, 0.15) is 31.0 Å². The SMILES string of the molecule is CCOC(=O)C1=C(C)N=c2sc(=Cc3cccc(OC)c3)c(=O)n2C1c1ccc(OC)cc1. The van der Waals surface area contributed by atoms with E-state index in [4.69, 9.17) is 14.2 Å². The maximum Gasteiger partial charge on any atom is 0.338 e. The predicted molar refractivity (Wildman–Crippen MR) is 126 cm³/mol. The molecule has 170 valence electrons. The van der Waals surface area contributed by atoms with Crippen LogP contribution in [0.15, 0.2) is 69.6 Å². The molecule has 0 N–H and O–H groups in total. The molecule has 1 aliphatic heterocycles. The summed E-state index contributed by atoms with van der Waals surface area (Å²) >= 11 is 1.28. The van der Waals surface area contributed by atoms with E-state index in [2.05, 4.69) is 4.99 Å². The van der Waals surface area contributed by atoms with Gasteiger partial charge in [0.1, 0.15) is 11.5 Å². The number of hydrogen-bond donors (Lipinski definition) is 0. The number of esters is 1. The lowest BCUT2D eigenvalue weighted by atomic mass is 9.96. The topological polar surface area (TPSA) is 79.1 Å². The van der Waals surface area contributed by atoms with Gasteiger partial charge in [-0.05, 0) is 55.3 Å². The van der Waals surface area contributed by atoms with Crippen molar-refractivity contribution in [2.24, 2.45) is 4.99 Å². The fourth-order valence-corrected chi connectivity index (χ4v) is 4.82. The molecule has 8 heteroatoms. The molecule has 0 aliphatic carbocycles. The highest BCUT2D eigenvalue weighted by Crippen LogP contribution is 2.31. The van der Waals surface area contributed by atoms with Crippen molar-refractivity contribution in [3.8, 4) is 11.5 Å². The number of rotatable bonds is 6. The van der Waals surface area contributed by atoms with Crippen molar-refractivity contribution >= 4 is 23.4 Å². The van der Waals surface area contributed by atoms with Gasteiger partial charge in [0.25, 0.3) is 5.56 Å². The van der Waals surface area contributed by atoms with Gasteiger partial charge in [-0.3, -0.25) is 9.36 Å². The molecule has 0 radical (unpaired) electrons. The number of benzene rings is 2. The van der Waals surface area contributed by atoms with Crippen molar-refractivity contribution in [1.29, 1.82) is 0 Å². The maximum atomic E-state index is 13.6. The number of carbonyl (C=O) groups is 1. The second-order valence-electron chi connectivity index (χ2n) is 7.35. The molecule has 1 aromatic heterocycles. The summed E-state index contributed by atoms with van der Waals surface area (Å²) in [5.74, 6) is 0.900. The number of methoxy groups -OCH3 is 2. The molecule has 0 bridgehead atoms. The van der Waals surface area contributed by atoms with Crippen molar-refractivity contribution in [1.82, 2.24) is 4.57 Å². The lowest BCUT2D eigenvalue weighted by Crippen LogP contribution is -2.39. The highest BCUT2D eigenvalue weighted by Gasteiger charge is 2.33. The third-order valence-electron chi connectivity index (χ3n) is 5.34. The molecule has 0 saturated heterocycles. The third-order valence-corrected chi connectivity index (χ3v) is 6.32. The van der Waals surface area contributed by atoms with Gasteiger partial charge in [-0.15, -0.1) is 0 Å². The number of carbonyl (C=O) groups excluding carboxylic acids is 1. The third kappa shape index (κ3) is 4.34. The summed E-state index contributed by atoms with van der Waals surface area (Å²) in [6.07, 6.45) is 1.81. The summed E-state index contributed by atoms with van der Waals surface area (Å²) in [6.45, 7) is 3.74. The van der Waals surface area contributed by atoms with Crippen LogP contribution in [0.2, 0.25) is 0 Å². The lowest BCUT2D eigenvalue weighted by molar-refractivity contribution is -0.139. The van der Waals surface area contributed by atoms with Gasteiger partial charge in [-0.25, -0.2) is 9.79 Å². The number of allylic oxidation sites excluding steroid dienone is 1. The summed E-state index contributed by atoms with van der Waals surface area (Å²) < 4.78 is 18.0. The van der Waals surface area contributed by atoms with Crippen LogP contribution >= 0.6 is 11.3 Å². The van der Waals surface area contributed by atoms with E-state index in [-0.39, 0.29) is 12.2 Å². The average molecular weight is 465 g/mol. The summed E-state index contributed by atoms with van der Waals surface area (Å²) in [6, 6.07) is 14.1. The van der Waals surface area contributed by atoms with Gasteiger partial charge in [-0.1, -0.05) is 35.6 Å². The van der Waals surface area contributed by atoms with Crippen molar-refractivity contribution in [2.75, 3.05) is 20.8 Å². The van der Waals surface area contributed by atoms with Crippen LogP contribution in [0.5, 0.6) is 11.5 Å². The van der Waals surface area contributed by atoms with Crippen LogP contribution in [-0.4, -0.2) is 31.4 Å². The fraction of sp³-hybridized carbons (Fsp3) is 0.240. The van der Waals surface area contributed by atoms with Crippen LogP contribution in [0, 0.1) is 0 Å². The molecular formula is C25H24N2O5S. The molecule has 3 aromatic rings. The number of aromatic nitrogens is 1. The maximum absolute atomic E-state index is 13.6. The Morgan fingerprint density at radius 3 is 2.52 bits per heavy atom. The van der Waals surface area contributed by atoms with E-state index in [9.17, 15) is 9.59 Å². The summed E-state index contributed by atoms with van der Waals surface area (Å²) in [7, 11) is 3.19. The van der Waals surface area contributed by atoms with Gasteiger partial charge in [-0.2, -0.15) is 0 Å². The minimum absolute atomic E-state index is 0.225. The van der Waals surface area contributed by atoms with Gasteiger partial charge < -0.3 is 14.2 Å². The van der Waals surface area contributed by atoms with Gasteiger partial charge in [0.2, 0.25) is 0 Å². The molecule has 4 rings (SSSR count). The standard InChI is InChI=1S/C25H24N2O5S/c1-5-32-24(29)21-15(2)26-25-27(22(21)17-9-11-18(30-3)12-10-17)23(28)20(33-25)14-16-7-6-8-19(13-16)31-4/h6-14,22H,5H2,1-4H3. The Kier molecular flexibility index (Phi) is 6.46. The Labute approximate surface area is 194 Å². The smallest absolute Gasteiger partial charge is 0.338 e.